The summed E-state index contributed by atoms with van der Waals surface area (Å²) in [6.45, 7) is 0. The molecule has 10 heteroatoms. The monoisotopic (exact) mass is 572 g/mol. The number of imide groups is 1. The fraction of sp³-hybridized carbons (Fsp3) is 0.152. The molecule has 3 aliphatic carbocycles. The number of nitro groups is 1. The molecule has 1 saturated heterocycles. The molecular formula is C33H24N4O6. The third-order valence-corrected chi connectivity index (χ3v) is 8.76. The number of carbonyl (C=O) groups excluding carboxylic acids is 3. The Kier molecular flexibility index (Phi) is 5.94. The molecule has 0 saturated carbocycles. The van der Waals surface area contributed by atoms with E-state index in [0.717, 1.165) is 22.3 Å². The van der Waals surface area contributed by atoms with Gasteiger partial charge in [0.25, 0.3) is 11.6 Å². The zero-order valence-corrected chi connectivity index (χ0v) is 22.8. The first-order chi connectivity index (χ1) is 20.9. The number of hydrogen-bond acceptors (Lipinski definition) is 7. The Morgan fingerprint density at radius 2 is 1.58 bits per heavy atom. The van der Waals surface area contributed by atoms with Crippen molar-refractivity contribution in [2.75, 3.05) is 12.0 Å². The standard InChI is InChI=1S/C33H24N4O6/c1-43-26-16-7-6-15-25(26)36-31(39)28-27-21-11-2-4-13-23(21)33(29(28)32(36)40,24-14-5-3-12-22(24)27)18-34-35-30(38)19-9-8-10-20(17-19)37(41)42/h2-18,27-29H,1H3,(H,35,38)/b34-18-/t27?,28-,29-,33?/m1/s1. The van der Waals surface area contributed by atoms with E-state index in [-0.39, 0.29) is 29.0 Å². The molecule has 0 spiro atoms. The summed E-state index contributed by atoms with van der Waals surface area (Å²) in [6, 6.07) is 27.6. The molecule has 10 nitrogen and oxygen atoms in total. The molecule has 8 rings (SSSR count). The van der Waals surface area contributed by atoms with Crippen LogP contribution in [0.1, 0.15) is 38.5 Å². The van der Waals surface area contributed by atoms with Crippen molar-refractivity contribution in [2.45, 2.75) is 11.3 Å². The van der Waals surface area contributed by atoms with E-state index in [9.17, 15) is 24.5 Å². The van der Waals surface area contributed by atoms with Gasteiger partial charge >= 0.3 is 0 Å². The second kappa shape index (κ2) is 9.73. The summed E-state index contributed by atoms with van der Waals surface area (Å²) in [7, 11) is 1.49. The largest absolute Gasteiger partial charge is 0.495 e. The van der Waals surface area contributed by atoms with Crippen LogP contribution in [0.3, 0.4) is 0 Å². The summed E-state index contributed by atoms with van der Waals surface area (Å²) >= 11 is 0. The van der Waals surface area contributed by atoms with Crippen LogP contribution in [0.4, 0.5) is 11.4 Å². The van der Waals surface area contributed by atoms with E-state index in [2.05, 4.69) is 10.5 Å². The quantitative estimate of drug-likeness (QED) is 0.156. The van der Waals surface area contributed by atoms with Crippen LogP contribution < -0.4 is 15.1 Å². The number of hydrogen-bond donors (Lipinski definition) is 1. The van der Waals surface area contributed by atoms with Crippen molar-refractivity contribution in [3.63, 3.8) is 0 Å². The molecule has 2 bridgehead atoms. The fourth-order valence-electron chi connectivity index (χ4n) is 7.12. The van der Waals surface area contributed by atoms with Gasteiger partial charge in [0.05, 0.1) is 35.0 Å². The molecule has 1 heterocycles. The number of nitro benzene ring substituents is 1. The van der Waals surface area contributed by atoms with Crippen LogP contribution in [-0.4, -0.2) is 36.0 Å². The van der Waals surface area contributed by atoms with Crippen molar-refractivity contribution in [1.29, 1.82) is 0 Å². The topological polar surface area (TPSA) is 131 Å². The first-order valence-corrected chi connectivity index (χ1v) is 13.7. The molecule has 1 N–H and O–H groups in total. The van der Waals surface area contributed by atoms with E-state index in [4.69, 9.17) is 4.74 Å². The van der Waals surface area contributed by atoms with Gasteiger partial charge in [-0.15, -0.1) is 0 Å². The van der Waals surface area contributed by atoms with E-state index in [1.807, 2.05) is 48.5 Å². The molecule has 0 unspecified atom stereocenters. The maximum Gasteiger partial charge on any atom is 0.271 e. The summed E-state index contributed by atoms with van der Waals surface area (Å²) < 4.78 is 5.52. The molecule has 43 heavy (non-hydrogen) atoms. The second-order valence-corrected chi connectivity index (χ2v) is 10.7. The van der Waals surface area contributed by atoms with Crippen molar-refractivity contribution >= 4 is 35.3 Å². The zero-order chi connectivity index (χ0) is 29.9. The van der Waals surface area contributed by atoms with E-state index in [1.54, 1.807) is 30.5 Å². The number of carbonyl (C=O) groups is 3. The van der Waals surface area contributed by atoms with E-state index >= 15 is 0 Å². The summed E-state index contributed by atoms with van der Waals surface area (Å²) in [5.41, 5.74) is 5.01. The maximum absolute atomic E-state index is 14.5. The average Bonchev–Trinajstić information content (AvgIpc) is 3.31. The SMILES string of the molecule is COc1ccccc1N1C(=O)[C@@H]2C3c4ccccc4C(/C=N\NC(=O)c4cccc([N+](=O)[O-])c4)(c4ccccc43)[C@H]2C1=O. The van der Waals surface area contributed by atoms with E-state index in [1.165, 1.54) is 36.3 Å². The second-order valence-electron chi connectivity index (χ2n) is 10.7. The van der Waals surface area contributed by atoms with Crippen molar-refractivity contribution in [2.24, 2.45) is 16.9 Å². The first kappa shape index (κ1) is 26.3. The van der Waals surface area contributed by atoms with Crippen molar-refractivity contribution in [3.8, 4) is 5.75 Å². The van der Waals surface area contributed by atoms with Crippen molar-refractivity contribution in [3.05, 3.63) is 135 Å². The Hall–Kier alpha value is -5.64. The molecular weight excluding hydrogens is 548 g/mol. The zero-order valence-electron chi connectivity index (χ0n) is 22.8. The number of ether oxygens (including phenoxy) is 1. The lowest BCUT2D eigenvalue weighted by atomic mass is 9.47. The van der Waals surface area contributed by atoms with E-state index in [0.29, 0.717) is 11.4 Å². The predicted molar refractivity (Wildman–Crippen MR) is 157 cm³/mol. The summed E-state index contributed by atoms with van der Waals surface area (Å²) in [5, 5.41) is 15.6. The van der Waals surface area contributed by atoms with Crippen LogP contribution >= 0.6 is 0 Å². The minimum Gasteiger partial charge on any atom is -0.495 e. The number of amides is 3. The van der Waals surface area contributed by atoms with Gasteiger partial charge in [-0.25, -0.2) is 10.3 Å². The Labute approximate surface area is 245 Å². The lowest BCUT2D eigenvalue weighted by molar-refractivity contribution is -0.384. The van der Waals surface area contributed by atoms with Crippen LogP contribution in [0.2, 0.25) is 0 Å². The number of nitrogens with zero attached hydrogens (tertiary/aromatic N) is 3. The molecule has 1 fully saturated rings. The van der Waals surface area contributed by atoms with Gasteiger partial charge in [0.1, 0.15) is 5.75 Å². The molecule has 4 aliphatic rings. The number of hydrazone groups is 1. The molecule has 2 atom stereocenters. The van der Waals surface area contributed by atoms with Crippen molar-refractivity contribution in [1.82, 2.24) is 5.43 Å². The van der Waals surface area contributed by atoms with Gasteiger partial charge in [-0.2, -0.15) is 5.10 Å². The van der Waals surface area contributed by atoms with Crippen LogP contribution in [0, 0.1) is 22.0 Å². The minimum atomic E-state index is -1.19. The van der Waals surface area contributed by atoms with Gasteiger partial charge in [-0.05, 0) is 40.5 Å². The molecule has 4 aromatic rings. The molecule has 0 radical (unpaired) electrons. The van der Waals surface area contributed by atoms with E-state index < -0.39 is 28.1 Å². The molecule has 212 valence electrons. The average molecular weight is 573 g/mol. The Balaban J connectivity index is 1.38. The highest BCUT2D eigenvalue weighted by Crippen LogP contribution is 2.63. The number of anilines is 1. The van der Waals surface area contributed by atoms with Gasteiger partial charge in [-0.1, -0.05) is 66.7 Å². The molecule has 1 aliphatic heterocycles. The number of methoxy groups -OCH3 is 1. The lowest BCUT2D eigenvalue weighted by Crippen LogP contribution is -2.54. The lowest BCUT2D eigenvalue weighted by Gasteiger charge is -2.52. The number of non-ortho nitro benzene ring substituents is 1. The Bertz CT molecular complexity index is 1840. The predicted octanol–water partition coefficient (Wildman–Crippen LogP) is 4.57. The Morgan fingerprint density at radius 3 is 2.26 bits per heavy atom. The molecule has 0 aromatic heterocycles. The summed E-state index contributed by atoms with van der Waals surface area (Å²) in [4.78, 5) is 53.7. The number of nitrogens with one attached hydrogen (secondary N) is 1. The van der Waals surface area contributed by atoms with Crippen LogP contribution in [0.25, 0.3) is 0 Å². The summed E-state index contributed by atoms with van der Waals surface area (Å²) in [5.74, 6) is -2.89. The molecule has 4 aromatic carbocycles. The molecule has 3 amide bonds. The van der Waals surface area contributed by atoms with Gasteiger partial charge in [0, 0.05) is 29.8 Å². The van der Waals surface area contributed by atoms with Crippen LogP contribution in [-0.2, 0) is 15.0 Å². The van der Waals surface area contributed by atoms with Gasteiger partial charge in [-0.3, -0.25) is 24.5 Å². The highest BCUT2D eigenvalue weighted by molar-refractivity contribution is 6.25. The van der Waals surface area contributed by atoms with Crippen molar-refractivity contribution < 1.29 is 24.0 Å². The number of benzene rings is 4. The van der Waals surface area contributed by atoms with Crippen LogP contribution in [0.15, 0.2) is 102 Å². The van der Waals surface area contributed by atoms with Gasteiger partial charge < -0.3 is 4.74 Å². The smallest absolute Gasteiger partial charge is 0.271 e. The third kappa shape index (κ3) is 3.66. The maximum atomic E-state index is 14.5. The first-order valence-electron chi connectivity index (χ1n) is 13.7. The van der Waals surface area contributed by atoms with Gasteiger partial charge in [0.2, 0.25) is 11.8 Å². The number of para-hydroxylation sites is 2. The van der Waals surface area contributed by atoms with Gasteiger partial charge in [0.15, 0.2) is 0 Å². The highest BCUT2D eigenvalue weighted by Gasteiger charge is 2.68. The fourth-order valence-corrected chi connectivity index (χ4v) is 7.12. The highest BCUT2D eigenvalue weighted by atomic mass is 16.6. The normalized spacial score (nSPS) is 23.1. The third-order valence-electron chi connectivity index (χ3n) is 8.76. The Morgan fingerprint density at radius 1 is 0.930 bits per heavy atom. The number of rotatable bonds is 6. The van der Waals surface area contributed by atoms with Crippen LogP contribution in [0.5, 0.6) is 5.75 Å². The minimum absolute atomic E-state index is 0.0596. The summed E-state index contributed by atoms with van der Waals surface area (Å²) in [6.07, 6.45) is 1.55.